The van der Waals surface area contributed by atoms with Crippen LogP contribution in [-0.2, 0) is 43.0 Å². The summed E-state index contributed by atoms with van der Waals surface area (Å²) in [7, 11) is 0. The van der Waals surface area contributed by atoms with Crippen molar-refractivity contribution in [2.45, 2.75) is 45.3 Å². The van der Waals surface area contributed by atoms with E-state index in [0.717, 1.165) is 0 Å². The maximum Gasteiger partial charge on any atom is 0.336 e. The van der Waals surface area contributed by atoms with Crippen LogP contribution in [0.1, 0.15) is 33.6 Å². The molecule has 0 bridgehead atoms. The van der Waals surface area contributed by atoms with Crippen LogP contribution in [0.4, 0.5) is 0 Å². The third-order valence-electron chi connectivity index (χ3n) is 2.56. The average molecular weight is 410 g/mol. The highest BCUT2D eigenvalue weighted by molar-refractivity contribution is 5.88. The number of hydrogen-bond donors (Lipinski definition) is 4. The molecule has 0 aromatic carbocycles. The summed E-state index contributed by atoms with van der Waals surface area (Å²) in [5.41, 5.74) is -2.74. The fourth-order valence-corrected chi connectivity index (χ4v) is 1.49. The van der Waals surface area contributed by atoms with Gasteiger partial charge < -0.3 is 34.6 Å². The molecule has 0 saturated heterocycles. The first-order chi connectivity index (χ1) is 12.7. The standard InChI is InChI=1S/C9H14O6.C6H8O7/c1-6(10)13-4-9(15-8(3)12)5-14-7(2)11;7-3(8)1-6(13,5(11)12)2-4(9)10/h9H,4-5H2,1-3H3;13H,1-2H2,(H,7,8)(H,9,10)(H,11,12). The van der Waals surface area contributed by atoms with Gasteiger partial charge in [-0.05, 0) is 0 Å². The van der Waals surface area contributed by atoms with Gasteiger partial charge >= 0.3 is 35.8 Å². The molecule has 4 N–H and O–H groups in total. The summed E-state index contributed by atoms with van der Waals surface area (Å²) in [6, 6.07) is 0. The zero-order valence-electron chi connectivity index (χ0n) is 15.4. The topological polar surface area (TPSA) is 211 Å². The Morgan fingerprint density at radius 3 is 1.32 bits per heavy atom. The second-order valence-electron chi connectivity index (χ2n) is 5.31. The summed E-state index contributed by atoms with van der Waals surface area (Å²) < 4.78 is 14.0. The van der Waals surface area contributed by atoms with Gasteiger partial charge in [-0.2, -0.15) is 0 Å². The molecule has 0 aromatic heterocycles. The van der Waals surface area contributed by atoms with E-state index in [4.69, 9.17) is 25.2 Å². The van der Waals surface area contributed by atoms with Crippen molar-refractivity contribution in [3.8, 4) is 0 Å². The minimum Gasteiger partial charge on any atom is -0.481 e. The molecular weight excluding hydrogens is 388 g/mol. The number of carboxylic acids is 3. The molecule has 0 amide bonds. The summed E-state index contributed by atoms with van der Waals surface area (Å²) in [6.07, 6.45) is -3.04. The van der Waals surface area contributed by atoms with E-state index in [1.165, 1.54) is 20.8 Å². The molecule has 0 spiro atoms. The van der Waals surface area contributed by atoms with Gasteiger partial charge in [-0.3, -0.25) is 24.0 Å². The Balaban J connectivity index is 0. The predicted molar refractivity (Wildman–Crippen MR) is 85.9 cm³/mol. The highest BCUT2D eigenvalue weighted by Gasteiger charge is 2.40. The van der Waals surface area contributed by atoms with Crippen LogP contribution in [0.2, 0.25) is 0 Å². The van der Waals surface area contributed by atoms with Gasteiger partial charge in [-0.1, -0.05) is 0 Å². The molecule has 0 aromatic rings. The molecule has 13 nitrogen and oxygen atoms in total. The van der Waals surface area contributed by atoms with Crippen molar-refractivity contribution in [2.75, 3.05) is 13.2 Å². The minimum atomic E-state index is -2.74. The molecule has 13 heteroatoms. The van der Waals surface area contributed by atoms with Gasteiger partial charge in [0.25, 0.3) is 0 Å². The number of carboxylic acid groups (broad SMARTS) is 3. The van der Waals surface area contributed by atoms with Crippen LogP contribution < -0.4 is 0 Å². The summed E-state index contributed by atoms with van der Waals surface area (Å²) in [4.78, 5) is 62.1. The number of esters is 3. The lowest BCUT2D eigenvalue weighted by molar-refractivity contribution is -0.170. The summed E-state index contributed by atoms with van der Waals surface area (Å²) >= 11 is 0. The highest BCUT2D eigenvalue weighted by Crippen LogP contribution is 2.15. The number of aliphatic carboxylic acids is 3. The summed E-state index contributed by atoms with van der Waals surface area (Å²) in [6.45, 7) is 3.44. The molecule has 0 atom stereocenters. The van der Waals surface area contributed by atoms with Crippen molar-refractivity contribution >= 4 is 35.8 Å². The van der Waals surface area contributed by atoms with Crippen LogP contribution in [0, 0.1) is 0 Å². The van der Waals surface area contributed by atoms with Crippen molar-refractivity contribution in [3.05, 3.63) is 0 Å². The lowest BCUT2D eigenvalue weighted by atomic mass is 9.96. The molecular formula is C15H22O13. The predicted octanol–water partition coefficient (Wildman–Crippen LogP) is -1.20. The van der Waals surface area contributed by atoms with E-state index < -0.39 is 60.4 Å². The molecule has 0 heterocycles. The lowest BCUT2D eigenvalue weighted by Crippen LogP contribution is -2.42. The van der Waals surface area contributed by atoms with Gasteiger partial charge in [0.2, 0.25) is 0 Å². The van der Waals surface area contributed by atoms with Gasteiger partial charge in [-0.15, -0.1) is 0 Å². The number of rotatable bonds is 10. The minimum absolute atomic E-state index is 0.123. The Bertz CT molecular complexity index is 561. The molecule has 0 saturated carbocycles. The first kappa shape index (κ1) is 27.0. The smallest absolute Gasteiger partial charge is 0.336 e. The third kappa shape index (κ3) is 15.1. The quantitative estimate of drug-likeness (QED) is 0.246. The van der Waals surface area contributed by atoms with Gasteiger partial charge in [0, 0.05) is 20.8 Å². The number of ether oxygens (including phenoxy) is 3. The van der Waals surface area contributed by atoms with Crippen molar-refractivity contribution in [1.29, 1.82) is 0 Å². The van der Waals surface area contributed by atoms with E-state index in [1.807, 2.05) is 0 Å². The lowest BCUT2D eigenvalue weighted by Gasteiger charge is -2.18. The first-order valence-corrected chi connectivity index (χ1v) is 7.53. The second kappa shape index (κ2) is 13.0. The Morgan fingerprint density at radius 2 is 1.11 bits per heavy atom. The molecule has 28 heavy (non-hydrogen) atoms. The molecule has 0 fully saturated rings. The van der Waals surface area contributed by atoms with Crippen LogP contribution in [0.15, 0.2) is 0 Å². The number of carbonyl (C=O) groups is 6. The Morgan fingerprint density at radius 1 is 0.750 bits per heavy atom. The zero-order valence-corrected chi connectivity index (χ0v) is 15.4. The van der Waals surface area contributed by atoms with Gasteiger partial charge in [0.1, 0.15) is 13.2 Å². The summed E-state index contributed by atoms with van der Waals surface area (Å²) in [5, 5.41) is 33.8. The fraction of sp³-hybridized carbons (Fsp3) is 0.600. The SMILES string of the molecule is CC(=O)OCC(COC(C)=O)OC(C)=O.O=C(O)CC(O)(CC(=O)O)C(=O)O. The van der Waals surface area contributed by atoms with E-state index >= 15 is 0 Å². The zero-order chi connectivity index (χ0) is 22.5. The van der Waals surface area contributed by atoms with Crippen molar-refractivity contribution in [2.24, 2.45) is 0 Å². The monoisotopic (exact) mass is 410 g/mol. The number of hydrogen-bond acceptors (Lipinski definition) is 10. The molecule has 0 aliphatic heterocycles. The van der Waals surface area contributed by atoms with Crippen LogP contribution in [0.5, 0.6) is 0 Å². The van der Waals surface area contributed by atoms with Crippen LogP contribution in [-0.4, -0.2) is 81.2 Å². The van der Waals surface area contributed by atoms with Crippen LogP contribution >= 0.6 is 0 Å². The Hall–Kier alpha value is -3.22. The average Bonchev–Trinajstić information content (AvgIpc) is 2.48. The van der Waals surface area contributed by atoms with Gasteiger partial charge in [-0.25, -0.2) is 4.79 Å². The van der Waals surface area contributed by atoms with Gasteiger partial charge in [0.15, 0.2) is 11.7 Å². The Labute approximate surface area is 158 Å². The van der Waals surface area contributed by atoms with Crippen molar-refractivity contribution < 1.29 is 63.4 Å². The van der Waals surface area contributed by atoms with Gasteiger partial charge in [0.05, 0.1) is 12.8 Å². The molecule has 0 aliphatic rings. The largest absolute Gasteiger partial charge is 0.481 e. The molecule has 0 rings (SSSR count). The number of carbonyl (C=O) groups excluding carboxylic acids is 3. The van der Waals surface area contributed by atoms with Crippen molar-refractivity contribution in [1.82, 2.24) is 0 Å². The normalized spacial score (nSPS) is 10.2. The molecule has 0 aliphatic carbocycles. The second-order valence-corrected chi connectivity index (χ2v) is 5.31. The molecule has 0 unspecified atom stereocenters. The maximum atomic E-state index is 10.6. The van der Waals surface area contributed by atoms with Crippen molar-refractivity contribution in [3.63, 3.8) is 0 Å². The van der Waals surface area contributed by atoms with Crippen LogP contribution in [0.25, 0.3) is 0 Å². The van der Waals surface area contributed by atoms with E-state index in [9.17, 15) is 28.8 Å². The van der Waals surface area contributed by atoms with E-state index in [1.54, 1.807) is 0 Å². The Kier molecular flexibility index (Phi) is 12.6. The summed E-state index contributed by atoms with van der Waals surface area (Å²) in [5.74, 6) is -6.53. The van der Waals surface area contributed by atoms with E-state index in [2.05, 4.69) is 9.47 Å². The first-order valence-electron chi connectivity index (χ1n) is 7.53. The highest BCUT2D eigenvalue weighted by atomic mass is 16.6. The van der Waals surface area contributed by atoms with Crippen LogP contribution in [0.3, 0.4) is 0 Å². The third-order valence-corrected chi connectivity index (χ3v) is 2.56. The van der Waals surface area contributed by atoms with E-state index in [0.29, 0.717) is 0 Å². The molecule has 0 radical (unpaired) electrons. The maximum absolute atomic E-state index is 10.6. The molecule has 160 valence electrons. The van der Waals surface area contributed by atoms with E-state index in [-0.39, 0.29) is 13.2 Å². The number of aliphatic hydroxyl groups is 1. The fourth-order valence-electron chi connectivity index (χ4n) is 1.49.